The summed E-state index contributed by atoms with van der Waals surface area (Å²) >= 11 is 3.41. The fourth-order valence-electron chi connectivity index (χ4n) is 1.32. The average Bonchev–Trinajstić information content (AvgIpc) is 2.74. The van der Waals surface area contributed by atoms with Gasteiger partial charge in [-0.25, -0.2) is 0 Å². The molecule has 2 N–H and O–H groups in total. The minimum absolute atomic E-state index is 0.412. The van der Waals surface area contributed by atoms with Crippen LogP contribution in [0.15, 0.2) is 39.4 Å². The Morgan fingerprint density at radius 3 is 2.94 bits per heavy atom. The molecule has 0 atom stereocenters. The summed E-state index contributed by atoms with van der Waals surface area (Å²) in [5.41, 5.74) is 7.52. The van der Waals surface area contributed by atoms with Gasteiger partial charge in [0.2, 0.25) is 0 Å². The van der Waals surface area contributed by atoms with Crippen LogP contribution in [0.1, 0.15) is 11.3 Å². The molecule has 0 saturated carbocycles. The molecule has 0 aliphatic carbocycles. The summed E-state index contributed by atoms with van der Waals surface area (Å²) in [6, 6.07) is 7.45. The molecule has 4 heteroatoms. The first-order chi connectivity index (χ1) is 7.66. The molecule has 3 nitrogen and oxygen atoms in total. The standard InChI is InChI=1S/C12H12BrNO2/c1-8-5-12(10(13)6-11(8)14)16-7-9-3-2-4-15-9/h2-6H,7,14H2,1H3. The Kier molecular flexibility index (Phi) is 3.19. The molecular formula is C12H12BrNO2. The number of hydrogen-bond donors (Lipinski definition) is 1. The largest absolute Gasteiger partial charge is 0.484 e. The number of nitrogen functional groups attached to an aromatic ring is 1. The number of halogens is 1. The lowest BCUT2D eigenvalue weighted by molar-refractivity contribution is 0.268. The molecular weight excluding hydrogens is 270 g/mol. The van der Waals surface area contributed by atoms with E-state index in [1.807, 2.05) is 31.2 Å². The van der Waals surface area contributed by atoms with Crippen molar-refractivity contribution in [2.24, 2.45) is 0 Å². The zero-order chi connectivity index (χ0) is 11.5. The van der Waals surface area contributed by atoms with Gasteiger partial charge >= 0.3 is 0 Å². The molecule has 0 unspecified atom stereocenters. The summed E-state index contributed by atoms with van der Waals surface area (Å²) < 4.78 is 11.7. The highest BCUT2D eigenvalue weighted by molar-refractivity contribution is 9.10. The molecule has 0 radical (unpaired) electrons. The SMILES string of the molecule is Cc1cc(OCc2ccco2)c(Br)cc1N. The van der Waals surface area contributed by atoms with Gasteiger partial charge in [-0.2, -0.15) is 0 Å². The van der Waals surface area contributed by atoms with Crippen molar-refractivity contribution < 1.29 is 9.15 Å². The van der Waals surface area contributed by atoms with Crippen molar-refractivity contribution in [1.29, 1.82) is 0 Å². The molecule has 0 aliphatic heterocycles. The van der Waals surface area contributed by atoms with Crippen molar-refractivity contribution in [3.05, 3.63) is 46.3 Å². The number of aryl methyl sites for hydroxylation is 1. The highest BCUT2D eigenvalue weighted by Crippen LogP contribution is 2.30. The van der Waals surface area contributed by atoms with Gasteiger partial charge in [0.05, 0.1) is 10.7 Å². The summed E-state index contributed by atoms with van der Waals surface area (Å²) in [5.74, 6) is 1.56. The lowest BCUT2D eigenvalue weighted by atomic mass is 10.2. The zero-order valence-electron chi connectivity index (χ0n) is 8.87. The Morgan fingerprint density at radius 1 is 1.44 bits per heavy atom. The van der Waals surface area contributed by atoms with E-state index >= 15 is 0 Å². The normalized spacial score (nSPS) is 10.4. The maximum Gasteiger partial charge on any atom is 0.146 e. The van der Waals surface area contributed by atoms with E-state index in [4.69, 9.17) is 14.9 Å². The summed E-state index contributed by atoms with van der Waals surface area (Å²) in [5, 5.41) is 0. The molecule has 84 valence electrons. The summed E-state index contributed by atoms with van der Waals surface area (Å²) in [7, 11) is 0. The van der Waals surface area contributed by atoms with Crippen LogP contribution in [0, 0.1) is 6.92 Å². The van der Waals surface area contributed by atoms with Crippen LogP contribution in [0.25, 0.3) is 0 Å². The van der Waals surface area contributed by atoms with Gasteiger partial charge in [0.15, 0.2) is 0 Å². The van der Waals surface area contributed by atoms with E-state index in [9.17, 15) is 0 Å². The third-order valence-corrected chi connectivity index (χ3v) is 2.89. The molecule has 2 aromatic rings. The fourth-order valence-corrected chi connectivity index (χ4v) is 1.80. The van der Waals surface area contributed by atoms with Gasteiger partial charge in [0.1, 0.15) is 18.1 Å². The van der Waals surface area contributed by atoms with Gasteiger partial charge in [-0.05, 0) is 52.7 Å². The predicted molar refractivity (Wildman–Crippen MR) is 66.3 cm³/mol. The first kappa shape index (κ1) is 11.1. The van der Waals surface area contributed by atoms with Crippen LogP contribution in [-0.4, -0.2) is 0 Å². The maximum absolute atomic E-state index is 5.78. The molecule has 0 amide bonds. The molecule has 16 heavy (non-hydrogen) atoms. The Balaban J connectivity index is 2.12. The second kappa shape index (κ2) is 4.61. The van der Waals surface area contributed by atoms with Crippen LogP contribution < -0.4 is 10.5 Å². The number of furan rings is 1. The van der Waals surface area contributed by atoms with Crippen molar-refractivity contribution in [1.82, 2.24) is 0 Å². The maximum atomic E-state index is 5.78. The van der Waals surface area contributed by atoms with E-state index in [0.29, 0.717) is 6.61 Å². The van der Waals surface area contributed by atoms with E-state index in [2.05, 4.69) is 15.9 Å². The number of rotatable bonds is 3. The molecule has 0 aliphatic rings. The lowest BCUT2D eigenvalue weighted by Gasteiger charge is -2.09. The van der Waals surface area contributed by atoms with Crippen LogP contribution in [0.4, 0.5) is 5.69 Å². The van der Waals surface area contributed by atoms with E-state index < -0.39 is 0 Å². The van der Waals surface area contributed by atoms with Gasteiger partial charge in [0.25, 0.3) is 0 Å². The highest BCUT2D eigenvalue weighted by atomic mass is 79.9. The Bertz CT molecular complexity index is 480. The van der Waals surface area contributed by atoms with E-state index in [-0.39, 0.29) is 0 Å². The number of anilines is 1. The first-order valence-electron chi connectivity index (χ1n) is 4.87. The van der Waals surface area contributed by atoms with E-state index in [1.165, 1.54) is 0 Å². The van der Waals surface area contributed by atoms with Gasteiger partial charge in [-0.3, -0.25) is 0 Å². The fraction of sp³-hybridized carbons (Fsp3) is 0.167. The average molecular weight is 282 g/mol. The van der Waals surface area contributed by atoms with Crippen molar-refractivity contribution >= 4 is 21.6 Å². The van der Waals surface area contributed by atoms with Gasteiger partial charge in [-0.1, -0.05) is 0 Å². The Labute approximate surface area is 102 Å². The van der Waals surface area contributed by atoms with Crippen molar-refractivity contribution in [2.75, 3.05) is 5.73 Å². The van der Waals surface area contributed by atoms with Crippen LogP contribution in [0.3, 0.4) is 0 Å². The third kappa shape index (κ3) is 2.39. The number of ether oxygens (including phenoxy) is 1. The molecule has 1 aromatic heterocycles. The smallest absolute Gasteiger partial charge is 0.146 e. The molecule has 0 saturated heterocycles. The van der Waals surface area contributed by atoms with Crippen molar-refractivity contribution in [2.45, 2.75) is 13.5 Å². The lowest BCUT2D eigenvalue weighted by Crippen LogP contribution is -1.97. The minimum atomic E-state index is 0.412. The van der Waals surface area contributed by atoms with Gasteiger partial charge in [-0.15, -0.1) is 0 Å². The second-order valence-corrected chi connectivity index (χ2v) is 4.36. The quantitative estimate of drug-likeness (QED) is 0.876. The third-order valence-electron chi connectivity index (χ3n) is 2.27. The van der Waals surface area contributed by atoms with Crippen LogP contribution in [0.2, 0.25) is 0 Å². The summed E-state index contributed by atoms with van der Waals surface area (Å²) in [4.78, 5) is 0. The minimum Gasteiger partial charge on any atom is -0.484 e. The highest BCUT2D eigenvalue weighted by Gasteiger charge is 2.05. The van der Waals surface area contributed by atoms with E-state index in [1.54, 1.807) is 6.26 Å². The molecule has 0 fully saturated rings. The van der Waals surface area contributed by atoms with E-state index in [0.717, 1.165) is 27.2 Å². The Morgan fingerprint density at radius 2 is 2.25 bits per heavy atom. The number of benzene rings is 1. The monoisotopic (exact) mass is 281 g/mol. The Hall–Kier alpha value is -1.42. The predicted octanol–water partition coefficient (Wildman–Crippen LogP) is 3.51. The number of nitrogens with two attached hydrogens (primary N) is 1. The van der Waals surface area contributed by atoms with Gasteiger partial charge < -0.3 is 14.9 Å². The second-order valence-electron chi connectivity index (χ2n) is 3.51. The molecule has 1 heterocycles. The molecule has 2 rings (SSSR count). The van der Waals surface area contributed by atoms with Crippen LogP contribution >= 0.6 is 15.9 Å². The summed E-state index contributed by atoms with van der Waals surface area (Å²) in [6.45, 7) is 2.36. The van der Waals surface area contributed by atoms with Crippen LogP contribution in [0.5, 0.6) is 5.75 Å². The molecule has 1 aromatic carbocycles. The number of hydrogen-bond acceptors (Lipinski definition) is 3. The first-order valence-corrected chi connectivity index (χ1v) is 5.67. The van der Waals surface area contributed by atoms with Crippen molar-refractivity contribution in [3.8, 4) is 5.75 Å². The molecule has 0 spiro atoms. The van der Waals surface area contributed by atoms with Gasteiger partial charge in [0, 0.05) is 5.69 Å². The summed E-state index contributed by atoms with van der Waals surface area (Å²) in [6.07, 6.45) is 1.63. The molecule has 0 bridgehead atoms. The topological polar surface area (TPSA) is 48.4 Å². The van der Waals surface area contributed by atoms with Crippen LogP contribution in [-0.2, 0) is 6.61 Å². The zero-order valence-corrected chi connectivity index (χ0v) is 10.5. The van der Waals surface area contributed by atoms with Crippen molar-refractivity contribution in [3.63, 3.8) is 0 Å².